The molecular weight excluding hydrogens is 318 g/mol. The van der Waals surface area contributed by atoms with Crippen LogP contribution in [0.2, 0.25) is 0 Å². The molecule has 0 aliphatic rings. The summed E-state index contributed by atoms with van der Waals surface area (Å²) in [5.74, 6) is -0.0318. The molecule has 25 heavy (non-hydrogen) atoms. The van der Waals surface area contributed by atoms with Crippen LogP contribution in [-0.2, 0) is 4.79 Å². The molecule has 4 N–H and O–H groups in total. The van der Waals surface area contributed by atoms with Gasteiger partial charge in [-0.3, -0.25) is 9.59 Å². The third-order valence-corrected chi connectivity index (χ3v) is 3.74. The summed E-state index contributed by atoms with van der Waals surface area (Å²) in [5.41, 5.74) is 7.50. The van der Waals surface area contributed by atoms with E-state index >= 15 is 0 Å². The minimum absolute atomic E-state index is 0.286. The zero-order chi connectivity index (χ0) is 18.2. The predicted octanol–water partition coefficient (Wildman–Crippen LogP) is 1.55. The first kappa shape index (κ1) is 18.5. The van der Waals surface area contributed by atoms with Gasteiger partial charge in [-0.1, -0.05) is 36.4 Å². The Morgan fingerprint density at radius 2 is 1.88 bits per heavy atom. The molecule has 0 aliphatic carbocycles. The third-order valence-electron chi connectivity index (χ3n) is 3.74. The molecular formula is C19H23N3O3. The van der Waals surface area contributed by atoms with Crippen LogP contribution in [0.3, 0.4) is 0 Å². The van der Waals surface area contributed by atoms with Gasteiger partial charge in [-0.25, -0.2) is 0 Å². The van der Waals surface area contributed by atoms with E-state index in [0.717, 1.165) is 5.56 Å². The first-order valence-corrected chi connectivity index (χ1v) is 8.07. The van der Waals surface area contributed by atoms with Crippen molar-refractivity contribution in [2.45, 2.75) is 13.0 Å². The van der Waals surface area contributed by atoms with Crippen LogP contribution in [0.15, 0.2) is 48.5 Å². The Balaban J connectivity index is 2.22. The van der Waals surface area contributed by atoms with E-state index < -0.39 is 6.04 Å². The quantitative estimate of drug-likeness (QED) is 0.712. The molecule has 2 amide bonds. The van der Waals surface area contributed by atoms with Crippen LogP contribution < -0.4 is 21.1 Å². The van der Waals surface area contributed by atoms with Crippen molar-refractivity contribution in [2.75, 3.05) is 20.2 Å². The molecule has 6 nitrogen and oxygen atoms in total. The summed E-state index contributed by atoms with van der Waals surface area (Å²) in [5, 5.41) is 5.35. The number of nitrogens with one attached hydrogen (secondary N) is 2. The van der Waals surface area contributed by atoms with Gasteiger partial charge < -0.3 is 21.1 Å². The molecule has 0 bridgehead atoms. The molecule has 0 spiro atoms. The van der Waals surface area contributed by atoms with E-state index in [1.54, 1.807) is 30.3 Å². The van der Waals surface area contributed by atoms with Gasteiger partial charge in [0.1, 0.15) is 18.4 Å². The summed E-state index contributed by atoms with van der Waals surface area (Å²) in [6.45, 7) is 2.66. The number of ether oxygens (including phenoxy) is 1. The number of benzene rings is 2. The second kappa shape index (κ2) is 8.84. The Morgan fingerprint density at radius 3 is 2.52 bits per heavy atom. The van der Waals surface area contributed by atoms with E-state index in [-0.39, 0.29) is 11.8 Å². The first-order chi connectivity index (χ1) is 12.1. The fourth-order valence-corrected chi connectivity index (χ4v) is 2.37. The highest BCUT2D eigenvalue weighted by atomic mass is 16.5. The zero-order valence-corrected chi connectivity index (χ0v) is 14.4. The van der Waals surface area contributed by atoms with Crippen LogP contribution >= 0.6 is 0 Å². The van der Waals surface area contributed by atoms with E-state index in [0.29, 0.717) is 30.0 Å². The standard InChI is InChI=1S/C19H23N3O3/c1-13-8-9-15(12-16(13)25-11-10-20)18(23)22-17(19(24)21-2)14-6-4-3-5-7-14/h3-9,12,17H,10-11,20H2,1-2H3,(H,21,24)(H,22,23)/t17-/m1/s1. The molecule has 132 valence electrons. The van der Waals surface area contributed by atoms with E-state index in [2.05, 4.69) is 10.6 Å². The Kier molecular flexibility index (Phi) is 6.54. The van der Waals surface area contributed by atoms with Gasteiger partial charge in [-0.2, -0.15) is 0 Å². The second-order valence-corrected chi connectivity index (χ2v) is 5.55. The molecule has 0 aromatic heterocycles. The highest BCUT2D eigenvalue weighted by Gasteiger charge is 2.22. The molecule has 2 aromatic rings. The molecule has 0 aliphatic heterocycles. The Labute approximate surface area is 147 Å². The van der Waals surface area contributed by atoms with Crippen LogP contribution in [0.1, 0.15) is 27.5 Å². The molecule has 0 unspecified atom stereocenters. The van der Waals surface area contributed by atoms with Gasteiger partial charge in [0.05, 0.1) is 0 Å². The highest BCUT2D eigenvalue weighted by Crippen LogP contribution is 2.20. The molecule has 2 aromatic carbocycles. The summed E-state index contributed by atoms with van der Waals surface area (Å²) in [4.78, 5) is 24.8. The lowest BCUT2D eigenvalue weighted by molar-refractivity contribution is -0.122. The fraction of sp³-hybridized carbons (Fsp3) is 0.263. The summed E-state index contributed by atoms with van der Waals surface area (Å²) in [6, 6.07) is 13.5. The zero-order valence-electron chi connectivity index (χ0n) is 14.4. The smallest absolute Gasteiger partial charge is 0.252 e. The van der Waals surface area contributed by atoms with Gasteiger partial charge in [-0.15, -0.1) is 0 Å². The molecule has 0 saturated heterocycles. The molecule has 0 radical (unpaired) electrons. The van der Waals surface area contributed by atoms with Crippen molar-refractivity contribution in [1.82, 2.24) is 10.6 Å². The number of amides is 2. The molecule has 6 heteroatoms. The van der Waals surface area contributed by atoms with E-state index in [1.807, 2.05) is 25.1 Å². The van der Waals surface area contributed by atoms with Crippen molar-refractivity contribution >= 4 is 11.8 Å². The van der Waals surface area contributed by atoms with Crippen LogP contribution in [0.4, 0.5) is 0 Å². The fourth-order valence-electron chi connectivity index (χ4n) is 2.37. The lowest BCUT2D eigenvalue weighted by atomic mass is 10.0. The Bertz CT molecular complexity index is 732. The van der Waals surface area contributed by atoms with Gasteiger partial charge in [0.15, 0.2) is 0 Å². The molecule has 2 rings (SSSR count). The van der Waals surface area contributed by atoms with Crippen molar-refractivity contribution < 1.29 is 14.3 Å². The second-order valence-electron chi connectivity index (χ2n) is 5.55. The lowest BCUT2D eigenvalue weighted by Crippen LogP contribution is -2.39. The number of hydrogen-bond donors (Lipinski definition) is 3. The third kappa shape index (κ3) is 4.81. The van der Waals surface area contributed by atoms with Crippen LogP contribution in [0.25, 0.3) is 0 Å². The van der Waals surface area contributed by atoms with E-state index in [4.69, 9.17) is 10.5 Å². The van der Waals surface area contributed by atoms with Crippen LogP contribution in [0.5, 0.6) is 5.75 Å². The van der Waals surface area contributed by atoms with E-state index in [1.165, 1.54) is 7.05 Å². The van der Waals surface area contributed by atoms with Gasteiger partial charge in [0, 0.05) is 19.2 Å². The predicted molar refractivity (Wildman–Crippen MR) is 96.4 cm³/mol. The number of aryl methyl sites for hydroxylation is 1. The summed E-state index contributed by atoms with van der Waals surface area (Å²) in [6.07, 6.45) is 0. The molecule has 0 heterocycles. The number of carbonyl (C=O) groups is 2. The van der Waals surface area contributed by atoms with Gasteiger partial charge in [0.2, 0.25) is 5.91 Å². The first-order valence-electron chi connectivity index (χ1n) is 8.07. The highest BCUT2D eigenvalue weighted by molar-refractivity contribution is 5.98. The van der Waals surface area contributed by atoms with Crippen LogP contribution in [-0.4, -0.2) is 32.0 Å². The summed E-state index contributed by atoms with van der Waals surface area (Å²) in [7, 11) is 1.54. The number of rotatable bonds is 7. The Hall–Kier alpha value is -2.86. The largest absolute Gasteiger partial charge is 0.492 e. The summed E-state index contributed by atoms with van der Waals surface area (Å²) >= 11 is 0. The maximum Gasteiger partial charge on any atom is 0.252 e. The minimum Gasteiger partial charge on any atom is -0.492 e. The molecule has 0 saturated carbocycles. The van der Waals surface area contributed by atoms with Gasteiger partial charge in [-0.05, 0) is 30.2 Å². The SMILES string of the molecule is CNC(=O)[C@H](NC(=O)c1ccc(C)c(OCCN)c1)c1ccccc1. The van der Waals surface area contributed by atoms with Crippen LogP contribution in [0, 0.1) is 6.92 Å². The number of likely N-dealkylation sites (N-methyl/N-ethyl adjacent to an activating group) is 1. The maximum atomic E-state index is 12.6. The Morgan fingerprint density at radius 1 is 1.16 bits per heavy atom. The summed E-state index contributed by atoms with van der Waals surface area (Å²) < 4.78 is 5.55. The number of carbonyl (C=O) groups excluding carboxylic acids is 2. The van der Waals surface area contributed by atoms with Crippen molar-refractivity contribution in [3.63, 3.8) is 0 Å². The monoisotopic (exact) mass is 341 g/mol. The van der Waals surface area contributed by atoms with Gasteiger partial charge >= 0.3 is 0 Å². The average Bonchev–Trinajstić information content (AvgIpc) is 2.65. The van der Waals surface area contributed by atoms with Crippen molar-refractivity contribution in [2.24, 2.45) is 5.73 Å². The molecule has 1 atom stereocenters. The van der Waals surface area contributed by atoms with Crippen molar-refractivity contribution in [3.8, 4) is 5.75 Å². The van der Waals surface area contributed by atoms with Gasteiger partial charge in [0.25, 0.3) is 5.91 Å². The maximum absolute atomic E-state index is 12.6. The van der Waals surface area contributed by atoms with Crippen molar-refractivity contribution in [1.29, 1.82) is 0 Å². The minimum atomic E-state index is -0.770. The topological polar surface area (TPSA) is 93.5 Å². The average molecular weight is 341 g/mol. The van der Waals surface area contributed by atoms with Crippen molar-refractivity contribution in [3.05, 3.63) is 65.2 Å². The van der Waals surface area contributed by atoms with E-state index in [9.17, 15) is 9.59 Å². The normalized spacial score (nSPS) is 11.5. The lowest BCUT2D eigenvalue weighted by Gasteiger charge is -2.18. The molecule has 0 fully saturated rings. The number of hydrogen-bond acceptors (Lipinski definition) is 4. The number of nitrogens with two attached hydrogens (primary N) is 1.